The normalized spacial score (nSPS) is 20.0. The minimum Gasteiger partial charge on any atom is -0.349 e. The van der Waals surface area contributed by atoms with E-state index in [1.165, 1.54) is 23.2 Å². The zero-order valence-corrected chi connectivity index (χ0v) is 16.5. The van der Waals surface area contributed by atoms with Crippen LogP contribution in [-0.2, 0) is 0 Å². The van der Waals surface area contributed by atoms with Gasteiger partial charge in [0.05, 0.1) is 17.8 Å². The number of carbonyl (C=O) groups excluding carboxylic acids is 1. The number of aryl methyl sites for hydroxylation is 2. The number of nitrogens with zero attached hydrogens (tertiary/aromatic N) is 6. The number of hydrogen-bond donors (Lipinski definition) is 1. The fourth-order valence-electron chi connectivity index (χ4n) is 3.67. The van der Waals surface area contributed by atoms with E-state index in [9.17, 15) is 4.79 Å². The zero-order chi connectivity index (χ0) is 19.0. The van der Waals surface area contributed by atoms with Gasteiger partial charge in [-0.15, -0.1) is 16.4 Å². The van der Waals surface area contributed by atoms with Crippen LogP contribution in [0, 0.1) is 20.8 Å². The van der Waals surface area contributed by atoms with Gasteiger partial charge in [0, 0.05) is 17.1 Å². The number of rotatable bonds is 4. The molecular formula is C18H23N7OS. The molecule has 0 spiro atoms. The van der Waals surface area contributed by atoms with E-state index in [2.05, 4.69) is 43.7 Å². The van der Waals surface area contributed by atoms with Crippen molar-refractivity contribution in [3.8, 4) is 5.00 Å². The Labute approximate surface area is 161 Å². The summed E-state index contributed by atoms with van der Waals surface area (Å²) in [7, 11) is 0. The minimum absolute atomic E-state index is 0.0410. The Morgan fingerprint density at radius 3 is 2.63 bits per heavy atom. The number of nitrogens with one attached hydrogen (secondary N) is 1. The second-order valence-electron chi connectivity index (χ2n) is 7.19. The highest BCUT2D eigenvalue weighted by Crippen LogP contribution is 2.32. The fourth-order valence-corrected chi connectivity index (χ4v) is 4.74. The van der Waals surface area contributed by atoms with Crippen LogP contribution in [0.3, 0.4) is 0 Å². The van der Waals surface area contributed by atoms with Gasteiger partial charge in [0.1, 0.15) is 11.3 Å². The molecule has 0 aromatic carbocycles. The topological polar surface area (TPSA) is 90.5 Å². The number of amides is 1. The van der Waals surface area contributed by atoms with Gasteiger partial charge >= 0.3 is 0 Å². The van der Waals surface area contributed by atoms with Crippen molar-refractivity contribution in [3.63, 3.8) is 0 Å². The highest BCUT2D eigenvalue weighted by molar-refractivity contribution is 7.15. The summed E-state index contributed by atoms with van der Waals surface area (Å²) in [4.78, 5) is 14.1. The minimum atomic E-state index is -0.0410. The highest BCUT2D eigenvalue weighted by atomic mass is 32.1. The maximum Gasteiger partial charge on any atom is 0.254 e. The van der Waals surface area contributed by atoms with Gasteiger partial charge in [-0.2, -0.15) is 9.78 Å². The van der Waals surface area contributed by atoms with E-state index >= 15 is 0 Å². The molecule has 1 N–H and O–H groups in total. The third-order valence-electron chi connectivity index (χ3n) is 5.29. The van der Waals surface area contributed by atoms with E-state index in [-0.39, 0.29) is 11.9 Å². The molecular weight excluding hydrogens is 362 g/mol. The molecule has 0 radical (unpaired) electrons. The quantitative estimate of drug-likeness (QED) is 0.746. The van der Waals surface area contributed by atoms with Gasteiger partial charge in [-0.25, -0.2) is 0 Å². The Hall–Kier alpha value is -2.55. The molecule has 8 nitrogen and oxygen atoms in total. The van der Waals surface area contributed by atoms with Crippen molar-refractivity contribution in [3.05, 3.63) is 40.3 Å². The Morgan fingerprint density at radius 1 is 1.22 bits per heavy atom. The molecule has 1 saturated carbocycles. The molecule has 3 aromatic rings. The number of tetrazole rings is 1. The van der Waals surface area contributed by atoms with E-state index < -0.39 is 0 Å². The summed E-state index contributed by atoms with van der Waals surface area (Å²) in [5.41, 5.74) is 2.85. The van der Waals surface area contributed by atoms with Gasteiger partial charge in [0.25, 0.3) is 5.91 Å². The van der Waals surface area contributed by atoms with E-state index in [4.69, 9.17) is 0 Å². The van der Waals surface area contributed by atoms with Crippen molar-refractivity contribution < 1.29 is 4.79 Å². The first kappa shape index (κ1) is 17.8. The first-order valence-electron chi connectivity index (χ1n) is 9.18. The van der Waals surface area contributed by atoms with Gasteiger partial charge in [0.2, 0.25) is 0 Å². The summed E-state index contributed by atoms with van der Waals surface area (Å²) in [6, 6.07) is 0.612. The predicted molar refractivity (Wildman–Crippen MR) is 102 cm³/mol. The smallest absolute Gasteiger partial charge is 0.254 e. The summed E-state index contributed by atoms with van der Waals surface area (Å²) in [5.74, 6) is -0.0410. The monoisotopic (exact) mass is 385 g/mol. The van der Waals surface area contributed by atoms with Crippen LogP contribution in [0.15, 0.2) is 18.7 Å². The highest BCUT2D eigenvalue weighted by Gasteiger charge is 2.27. The lowest BCUT2D eigenvalue weighted by molar-refractivity contribution is 0.0921. The molecule has 1 fully saturated rings. The van der Waals surface area contributed by atoms with Gasteiger partial charge in [-0.3, -0.25) is 9.48 Å². The van der Waals surface area contributed by atoms with Crippen LogP contribution in [0.2, 0.25) is 0 Å². The molecule has 1 amide bonds. The van der Waals surface area contributed by atoms with Crippen LogP contribution in [0.1, 0.15) is 58.1 Å². The maximum absolute atomic E-state index is 13.0. The lowest BCUT2D eigenvalue weighted by Gasteiger charge is -2.29. The molecule has 0 unspecified atom stereocenters. The molecule has 0 saturated heterocycles. The maximum atomic E-state index is 13.0. The Morgan fingerprint density at radius 2 is 2.00 bits per heavy atom. The lowest BCUT2D eigenvalue weighted by Crippen LogP contribution is -2.38. The number of hydrogen-bond acceptors (Lipinski definition) is 6. The molecule has 3 aromatic heterocycles. The molecule has 4 rings (SSSR count). The molecule has 0 atom stereocenters. The standard InChI is InChI=1S/C18H23N7OS/c1-11-8-20-24(9-11)15-6-4-14(5-7-15)21-17(26)16-12(2)13(3)27-18(16)25-10-19-22-23-25/h8-10,14-15H,4-7H2,1-3H3,(H,21,26). The molecule has 3 heterocycles. The first-order valence-corrected chi connectivity index (χ1v) is 9.99. The average molecular weight is 385 g/mol. The van der Waals surface area contributed by atoms with Crippen LogP contribution in [0.4, 0.5) is 0 Å². The van der Waals surface area contributed by atoms with E-state index in [0.29, 0.717) is 11.6 Å². The SMILES string of the molecule is Cc1cnn(C2CCC(NC(=O)c3c(-n4cnnn4)sc(C)c3C)CC2)c1. The van der Waals surface area contributed by atoms with Crippen molar-refractivity contribution in [2.45, 2.75) is 58.5 Å². The molecule has 1 aliphatic rings. The Balaban J connectivity index is 1.45. The van der Waals surface area contributed by atoms with Crippen molar-refractivity contribution in [2.24, 2.45) is 0 Å². The van der Waals surface area contributed by atoms with Gasteiger partial charge in [-0.05, 0) is 68.0 Å². The summed E-state index contributed by atoms with van der Waals surface area (Å²) in [5, 5.41) is 19.8. The fraction of sp³-hybridized carbons (Fsp3) is 0.500. The molecule has 27 heavy (non-hydrogen) atoms. The van der Waals surface area contributed by atoms with Crippen molar-refractivity contribution >= 4 is 17.2 Å². The molecule has 9 heteroatoms. The van der Waals surface area contributed by atoms with Crippen LogP contribution in [0.5, 0.6) is 0 Å². The Bertz CT molecular complexity index is 935. The van der Waals surface area contributed by atoms with Crippen LogP contribution >= 0.6 is 11.3 Å². The van der Waals surface area contributed by atoms with Crippen molar-refractivity contribution in [2.75, 3.05) is 0 Å². The molecule has 0 aliphatic heterocycles. The van der Waals surface area contributed by atoms with Crippen molar-refractivity contribution in [1.82, 2.24) is 35.3 Å². The second-order valence-corrected chi connectivity index (χ2v) is 8.40. The average Bonchev–Trinajstić information content (AvgIpc) is 3.38. The van der Waals surface area contributed by atoms with E-state index in [0.717, 1.165) is 41.1 Å². The zero-order valence-electron chi connectivity index (χ0n) is 15.7. The van der Waals surface area contributed by atoms with E-state index in [1.54, 1.807) is 4.68 Å². The molecule has 142 valence electrons. The first-order chi connectivity index (χ1) is 13.0. The number of thiophene rings is 1. The number of aromatic nitrogens is 6. The number of carbonyl (C=O) groups is 1. The van der Waals surface area contributed by atoms with E-state index in [1.807, 2.05) is 20.0 Å². The molecule has 1 aliphatic carbocycles. The van der Waals surface area contributed by atoms with Gasteiger partial charge < -0.3 is 5.32 Å². The van der Waals surface area contributed by atoms with Gasteiger partial charge in [0.15, 0.2) is 0 Å². The van der Waals surface area contributed by atoms with Crippen LogP contribution in [-0.4, -0.2) is 41.9 Å². The second kappa shape index (κ2) is 7.22. The van der Waals surface area contributed by atoms with Crippen LogP contribution in [0.25, 0.3) is 5.00 Å². The third-order valence-corrected chi connectivity index (χ3v) is 6.48. The van der Waals surface area contributed by atoms with Crippen LogP contribution < -0.4 is 5.32 Å². The largest absolute Gasteiger partial charge is 0.349 e. The molecule has 0 bridgehead atoms. The summed E-state index contributed by atoms with van der Waals surface area (Å²) in [6.07, 6.45) is 9.48. The summed E-state index contributed by atoms with van der Waals surface area (Å²) in [6.45, 7) is 6.05. The summed E-state index contributed by atoms with van der Waals surface area (Å²) < 4.78 is 3.63. The third kappa shape index (κ3) is 3.51. The van der Waals surface area contributed by atoms with Crippen molar-refractivity contribution in [1.29, 1.82) is 0 Å². The summed E-state index contributed by atoms with van der Waals surface area (Å²) >= 11 is 1.54. The predicted octanol–water partition coefficient (Wildman–Crippen LogP) is 2.76. The Kier molecular flexibility index (Phi) is 4.77. The lowest BCUT2D eigenvalue weighted by atomic mass is 9.91. The van der Waals surface area contributed by atoms with Gasteiger partial charge in [-0.1, -0.05) is 0 Å².